The third kappa shape index (κ3) is 9.05. The Kier molecular flexibility index (Phi) is 11.4. The first-order valence-electron chi connectivity index (χ1n) is 7.39. The van der Waals surface area contributed by atoms with Crippen molar-refractivity contribution in [2.45, 2.75) is 0 Å². The summed E-state index contributed by atoms with van der Waals surface area (Å²) in [7, 11) is -8.10. The average Bonchev–Trinajstić information content (AvgIpc) is 3.16. The van der Waals surface area contributed by atoms with Crippen LogP contribution in [0.5, 0.6) is 0 Å². The first kappa shape index (κ1) is 26.6. The van der Waals surface area contributed by atoms with E-state index >= 15 is 0 Å². The van der Waals surface area contributed by atoms with E-state index in [0.717, 1.165) is 12.7 Å². The van der Waals surface area contributed by atoms with Crippen LogP contribution in [0.1, 0.15) is 0 Å². The lowest BCUT2D eigenvalue weighted by Gasteiger charge is -2.06. The van der Waals surface area contributed by atoms with E-state index in [-0.39, 0.29) is 12.3 Å². The van der Waals surface area contributed by atoms with E-state index in [0.29, 0.717) is 11.5 Å². The molecule has 0 radical (unpaired) electrons. The van der Waals surface area contributed by atoms with Gasteiger partial charge in [-0.15, -0.1) is 47.0 Å². The molecule has 2 aliphatic rings. The molecule has 0 aromatic carbocycles. The topological polar surface area (TPSA) is 115 Å². The van der Waals surface area contributed by atoms with E-state index in [1.807, 2.05) is 12.5 Å². The molecule has 2 heterocycles. The Balaban J connectivity index is 2.09. The smallest absolute Gasteiger partial charge is 0.324 e. The molecule has 0 spiro atoms. The molecule has 160 valence electrons. The Morgan fingerprint density at radius 2 is 1.00 bits per heavy atom. The number of hydrogen-bond acceptors (Lipinski definition) is 10. The van der Waals surface area contributed by atoms with Crippen molar-refractivity contribution in [1.29, 1.82) is 0 Å². The van der Waals surface area contributed by atoms with Crippen molar-refractivity contribution in [3.8, 4) is 0 Å². The minimum Gasteiger partial charge on any atom is -0.324 e. The first-order chi connectivity index (χ1) is 13.0. The van der Waals surface area contributed by atoms with Gasteiger partial charge in [0.2, 0.25) is 0 Å². The molecular formula is C12H18O6P2S8. The van der Waals surface area contributed by atoms with Gasteiger partial charge in [-0.05, 0) is 12.5 Å². The van der Waals surface area contributed by atoms with Gasteiger partial charge in [0.05, 0.1) is 37.7 Å². The second-order valence-electron chi connectivity index (χ2n) is 5.01. The summed E-state index contributed by atoms with van der Waals surface area (Å²) < 4.78 is 28.9. The third-order valence-corrected chi connectivity index (χ3v) is 16.3. The standard InChI is InChI=1S/C12H18O6P2S8/c1-21-7-8(22-2)26-11(25-7)12-27-9(23-5-3-19(13,14)15)10(28-12)24-6-4-20(16,17)18/h3-6H2,1-2H3,(H2,13,14,15)(H2,16,17,18). The van der Waals surface area contributed by atoms with Crippen LogP contribution < -0.4 is 0 Å². The largest absolute Gasteiger partial charge is 0.326 e. The monoisotopic (exact) mass is 576 g/mol. The molecule has 0 bridgehead atoms. The highest BCUT2D eigenvalue weighted by atomic mass is 32.3. The molecule has 2 rings (SSSR count). The van der Waals surface area contributed by atoms with Gasteiger partial charge in [0.1, 0.15) is 0 Å². The van der Waals surface area contributed by atoms with E-state index < -0.39 is 15.2 Å². The predicted octanol–water partition coefficient (Wildman–Crippen LogP) is 5.87. The van der Waals surface area contributed by atoms with E-state index in [4.69, 9.17) is 19.6 Å². The summed E-state index contributed by atoms with van der Waals surface area (Å²) >= 11 is 12.8. The highest BCUT2D eigenvalue weighted by Gasteiger charge is 2.30. The maximum Gasteiger partial charge on any atom is 0.326 e. The lowest BCUT2D eigenvalue weighted by Crippen LogP contribution is -1.92. The molecule has 16 heteroatoms. The van der Waals surface area contributed by atoms with E-state index in [1.165, 1.54) is 36.2 Å². The Bertz CT molecular complexity index is 725. The van der Waals surface area contributed by atoms with Gasteiger partial charge in [0.25, 0.3) is 0 Å². The Morgan fingerprint density at radius 3 is 1.29 bits per heavy atom. The third-order valence-electron chi connectivity index (χ3n) is 2.84. The molecule has 0 fully saturated rings. The van der Waals surface area contributed by atoms with Crippen LogP contribution in [0.3, 0.4) is 0 Å². The molecule has 0 amide bonds. The summed E-state index contributed by atoms with van der Waals surface area (Å²) in [6, 6.07) is 0. The van der Waals surface area contributed by atoms with Crippen LogP contribution in [0.15, 0.2) is 25.4 Å². The zero-order chi connectivity index (χ0) is 20.9. The maximum absolute atomic E-state index is 11.1. The second-order valence-corrected chi connectivity index (χ2v) is 18.0. The van der Waals surface area contributed by atoms with Gasteiger partial charge in [0, 0.05) is 11.5 Å². The fourth-order valence-corrected chi connectivity index (χ4v) is 14.9. The molecule has 0 aromatic heterocycles. The molecular weight excluding hydrogens is 559 g/mol. The molecule has 0 aromatic rings. The molecule has 0 saturated carbocycles. The zero-order valence-corrected chi connectivity index (χ0v) is 22.9. The van der Waals surface area contributed by atoms with E-state index in [1.54, 1.807) is 70.6 Å². The highest BCUT2D eigenvalue weighted by molar-refractivity contribution is 8.45. The van der Waals surface area contributed by atoms with Gasteiger partial charge < -0.3 is 19.6 Å². The Labute approximate surface area is 198 Å². The van der Waals surface area contributed by atoms with Crippen molar-refractivity contribution in [3.63, 3.8) is 0 Å². The summed E-state index contributed by atoms with van der Waals surface area (Å²) in [6.45, 7) is 0. The lowest BCUT2D eigenvalue weighted by molar-refractivity contribution is 0.373. The fourth-order valence-electron chi connectivity index (χ4n) is 1.65. The molecule has 0 saturated heterocycles. The molecule has 28 heavy (non-hydrogen) atoms. The van der Waals surface area contributed by atoms with Crippen molar-refractivity contribution >= 4 is 109 Å². The molecule has 0 unspecified atom stereocenters. The minimum absolute atomic E-state index is 0.197. The van der Waals surface area contributed by atoms with Crippen molar-refractivity contribution in [2.75, 3.05) is 36.3 Å². The van der Waals surface area contributed by atoms with Crippen LogP contribution in [0, 0.1) is 0 Å². The highest BCUT2D eigenvalue weighted by Crippen LogP contribution is 2.65. The van der Waals surface area contributed by atoms with Crippen LogP contribution in [-0.4, -0.2) is 55.9 Å². The van der Waals surface area contributed by atoms with Crippen LogP contribution in [-0.2, 0) is 9.13 Å². The number of thioether (sulfide) groups is 8. The predicted molar refractivity (Wildman–Crippen MR) is 137 cm³/mol. The molecule has 0 atom stereocenters. The first-order valence-corrected chi connectivity index (χ1v) is 18.7. The summed E-state index contributed by atoms with van der Waals surface area (Å²) in [6.07, 6.45) is 3.70. The summed E-state index contributed by atoms with van der Waals surface area (Å²) in [5.74, 6) is 0.589. The van der Waals surface area contributed by atoms with Gasteiger partial charge in [0.15, 0.2) is 0 Å². The Hall–Kier alpha value is 2.32. The number of hydrogen-bond donors (Lipinski definition) is 4. The number of rotatable bonds is 10. The van der Waals surface area contributed by atoms with Gasteiger partial charge in [-0.1, -0.05) is 47.0 Å². The van der Waals surface area contributed by atoms with Crippen molar-refractivity contribution < 1.29 is 28.7 Å². The minimum atomic E-state index is -4.05. The van der Waals surface area contributed by atoms with E-state index in [9.17, 15) is 9.13 Å². The fraction of sp³-hybridized carbons (Fsp3) is 0.500. The molecule has 0 aliphatic carbocycles. The van der Waals surface area contributed by atoms with Crippen LogP contribution in [0.25, 0.3) is 0 Å². The van der Waals surface area contributed by atoms with Crippen LogP contribution >= 0.6 is 109 Å². The van der Waals surface area contributed by atoms with Gasteiger partial charge in [-0.25, -0.2) is 0 Å². The zero-order valence-electron chi connectivity index (χ0n) is 14.6. The normalized spacial score (nSPS) is 18.8. The molecule has 2 aliphatic heterocycles. The molecule has 4 N–H and O–H groups in total. The lowest BCUT2D eigenvalue weighted by atomic mass is 11.0. The summed E-state index contributed by atoms with van der Waals surface area (Å²) in [5.41, 5.74) is 0. The maximum atomic E-state index is 11.1. The van der Waals surface area contributed by atoms with Crippen molar-refractivity contribution in [2.24, 2.45) is 0 Å². The molecule has 6 nitrogen and oxygen atoms in total. The van der Waals surface area contributed by atoms with Crippen LogP contribution in [0.2, 0.25) is 0 Å². The van der Waals surface area contributed by atoms with Gasteiger partial charge in [-0.2, -0.15) is 0 Å². The van der Waals surface area contributed by atoms with Crippen molar-refractivity contribution in [3.05, 3.63) is 25.4 Å². The quantitative estimate of drug-likeness (QED) is 0.232. The SMILES string of the molecule is CSC1=C(SC)SC(=C2SC(SCCP(=O)(O)O)=C(SCCP(=O)(O)O)S2)S1. The Morgan fingerprint density at radius 1 is 0.679 bits per heavy atom. The van der Waals surface area contributed by atoms with E-state index in [2.05, 4.69) is 0 Å². The summed E-state index contributed by atoms with van der Waals surface area (Å²) in [5, 5.41) is 0. The second kappa shape index (κ2) is 12.0. The average molecular weight is 577 g/mol. The van der Waals surface area contributed by atoms with Gasteiger partial charge in [-0.3, -0.25) is 9.13 Å². The van der Waals surface area contributed by atoms with Crippen LogP contribution in [0.4, 0.5) is 0 Å². The van der Waals surface area contributed by atoms with Crippen molar-refractivity contribution in [1.82, 2.24) is 0 Å². The van der Waals surface area contributed by atoms with Gasteiger partial charge >= 0.3 is 15.2 Å². The summed E-state index contributed by atoms with van der Waals surface area (Å²) in [4.78, 5) is 36.3.